The number of nitrogens with zero attached hydrogens (tertiary/aromatic N) is 1. The van der Waals surface area contributed by atoms with Crippen molar-refractivity contribution < 1.29 is 14.3 Å². The summed E-state index contributed by atoms with van der Waals surface area (Å²) in [5.74, 6) is -0.429. The summed E-state index contributed by atoms with van der Waals surface area (Å²) in [6.07, 6.45) is 0.491. The highest BCUT2D eigenvalue weighted by atomic mass is 16.5. The zero-order chi connectivity index (χ0) is 21.8. The fourth-order valence-corrected chi connectivity index (χ4v) is 3.71. The van der Waals surface area contributed by atoms with Gasteiger partial charge in [-0.3, -0.25) is 9.59 Å². The van der Waals surface area contributed by atoms with E-state index in [0.29, 0.717) is 25.3 Å². The average molecular weight is 415 g/mol. The van der Waals surface area contributed by atoms with E-state index in [4.69, 9.17) is 4.74 Å². The molecule has 1 aliphatic heterocycles. The summed E-state index contributed by atoms with van der Waals surface area (Å²) in [6.45, 7) is 4.99. The molecule has 0 saturated carbocycles. The van der Waals surface area contributed by atoms with Crippen LogP contribution in [-0.4, -0.2) is 18.4 Å². The van der Waals surface area contributed by atoms with Gasteiger partial charge in [0.2, 0.25) is 11.8 Å². The summed E-state index contributed by atoms with van der Waals surface area (Å²) in [4.78, 5) is 27.4. The Balaban J connectivity index is 1.41. The van der Waals surface area contributed by atoms with Crippen LogP contribution < -0.4 is 15.0 Å². The Morgan fingerprint density at radius 2 is 1.81 bits per heavy atom. The highest BCUT2D eigenvalue weighted by Crippen LogP contribution is 2.29. The molecule has 5 heteroatoms. The minimum absolute atomic E-state index is 0.179. The van der Waals surface area contributed by atoms with Crippen molar-refractivity contribution in [2.24, 2.45) is 5.92 Å². The number of carbonyl (C=O) groups is 2. The van der Waals surface area contributed by atoms with Gasteiger partial charge >= 0.3 is 0 Å². The fraction of sp³-hybridized carbons (Fsp3) is 0.231. The van der Waals surface area contributed by atoms with Crippen molar-refractivity contribution in [3.63, 3.8) is 0 Å². The predicted octanol–water partition coefficient (Wildman–Crippen LogP) is 4.87. The molecule has 5 nitrogen and oxygen atoms in total. The van der Waals surface area contributed by atoms with E-state index in [1.165, 1.54) is 0 Å². The van der Waals surface area contributed by atoms with Crippen LogP contribution in [0.25, 0.3) is 0 Å². The highest BCUT2D eigenvalue weighted by Gasteiger charge is 2.37. The van der Waals surface area contributed by atoms with E-state index in [1.54, 1.807) is 4.90 Å². The lowest BCUT2D eigenvalue weighted by atomic mass is 10.1. The van der Waals surface area contributed by atoms with Crippen LogP contribution in [0.4, 0.5) is 11.4 Å². The number of carbonyl (C=O) groups excluding carboxylic acids is 2. The normalized spacial score (nSPS) is 15.7. The Kier molecular flexibility index (Phi) is 6.03. The van der Waals surface area contributed by atoms with Crippen LogP contribution in [-0.2, 0) is 16.2 Å². The standard InChI is InChI=1S/C26H26N2O3/c1-18-11-12-21(15-19(18)2)27-25(29)24-13-14-28(26(24)30)22-9-6-10-23(16-22)31-17-20-7-4-3-5-8-20/h3-12,15-16,24H,13-14,17H2,1-2H3,(H,27,29). The van der Waals surface area contributed by atoms with Gasteiger partial charge < -0.3 is 15.0 Å². The zero-order valence-corrected chi connectivity index (χ0v) is 17.8. The lowest BCUT2D eigenvalue weighted by molar-refractivity contribution is -0.129. The molecule has 1 aliphatic rings. The van der Waals surface area contributed by atoms with Gasteiger partial charge in [0.15, 0.2) is 0 Å². The lowest BCUT2D eigenvalue weighted by Crippen LogP contribution is -2.33. The molecule has 0 bridgehead atoms. The van der Waals surface area contributed by atoms with Gasteiger partial charge in [0.25, 0.3) is 0 Å². The first-order valence-corrected chi connectivity index (χ1v) is 10.5. The Labute approximate surface area is 182 Å². The van der Waals surface area contributed by atoms with E-state index in [2.05, 4.69) is 5.32 Å². The number of anilines is 2. The number of aryl methyl sites for hydroxylation is 2. The summed E-state index contributed by atoms with van der Waals surface area (Å²) < 4.78 is 5.88. The molecule has 31 heavy (non-hydrogen) atoms. The second-order valence-electron chi connectivity index (χ2n) is 7.89. The number of ether oxygens (including phenoxy) is 1. The maximum atomic E-state index is 13.0. The largest absolute Gasteiger partial charge is 0.489 e. The first-order chi connectivity index (χ1) is 15.0. The van der Waals surface area contributed by atoms with E-state index in [0.717, 1.165) is 28.1 Å². The minimum atomic E-state index is -0.685. The first kappa shape index (κ1) is 20.7. The topological polar surface area (TPSA) is 58.6 Å². The molecule has 0 radical (unpaired) electrons. The molecule has 4 rings (SSSR count). The fourth-order valence-electron chi connectivity index (χ4n) is 3.71. The molecule has 1 fully saturated rings. The molecule has 1 saturated heterocycles. The van der Waals surface area contributed by atoms with Crippen LogP contribution >= 0.6 is 0 Å². The van der Waals surface area contributed by atoms with Gasteiger partial charge in [-0.1, -0.05) is 42.5 Å². The molecule has 1 heterocycles. The van der Waals surface area contributed by atoms with Gasteiger partial charge in [0.05, 0.1) is 0 Å². The summed E-state index contributed by atoms with van der Waals surface area (Å²) in [6, 6.07) is 23.2. The van der Waals surface area contributed by atoms with Crippen molar-refractivity contribution in [3.05, 3.63) is 89.5 Å². The molecule has 0 aromatic heterocycles. The SMILES string of the molecule is Cc1ccc(NC(=O)C2CCN(c3cccc(OCc4ccccc4)c3)C2=O)cc1C. The van der Waals surface area contributed by atoms with Crippen molar-refractivity contribution in [2.75, 3.05) is 16.8 Å². The highest BCUT2D eigenvalue weighted by molar-refractivity contribution is 6.13. The van der Waals surface area contributed by atoms with Gasteiger partial charge in [-0.2, -0.15) is 0 Å². The van der Waals surface area contributed by atoms with Crippen LogP contribution in [0.15, 0.2) is 72.8 Å². The molecular weight excluding hydrogens is 388 g/mol. The molecule has 3 aromatic carbocycles. The second kappa shape index (κ2) is 9.04. The molecule has 2 amide bonds. The van der Waals surface area contributed by atoms with Crippen LogP contribution in [0.1, 0.15) is 23.1 Å². The maximum absolute atomic E-state index is 13.0. The number of nitrogens with one attached hydrogen (secondary N) is 1. The Bertz CT molecular complexity index is 1090. The monoisotopic (exact) mass is 414 g/mol. The van der Waals surface area contributed by atoms with Crippen LogP contribution in [0, 0.1) is 19.8 Å². The molecule has 3 aromatic rings. The second-order valence-corrected chi connectivity index (χ2v) is 7.89. The molecular formula is C26H26N2O3. The molecule has 1 atom stereocenters. The van der Waals surface area contributed by atoms with Crippen molar-refractivity contribution in [2.45, 2.75) is 26.9 Å². The maximum Gasteiger partial charge on any atom is 0.239 e. The van der Waals surface area contributed by atoms with Crippen molar-refractivity contribution >= 4 is 23.2 Å². The molecule has 158 valence electrons. The average Bonchev–Trinajstić information content (AvgIpc) is 3.17. The predicted molar refractivity (Wildman–Crippen MR) is 122 cm³/mol. The smallest absolute Gasteiger partial charge is 0.239 e. The third-order valence-corrected chi connectivity index (χ3v) is 5.67. The number of amides is 2. The molecule has 0 spiro atoms. The van der Waals surface area contributed by atoms with Crippen LogP contribution in [0.3, 0.4) is 0 Å². The summed E-state index contributed by atoms with van der Waals surface area (Å²) in [5, 5.41) is 2.89. The van der Waals surface area contributed by atoms with Crippen molar-refractivity contribution in [3.8, 4) is 5.75 Å². The van der Waals surface area contributed by atoms with E-state index in [1.807, 2.05) is 86.6 Å². The van der Waals surface area contributed by atoms with E-state index in [9.17, 15) is 9.59 Å². The molecule has 1 N–H and O–H groups in total. The number of hydrogen-bond acceptors (Lipinski definition) is 3. The first-order valence-electron chi connectivity index (χ1n) is 10.5. The Morgan fingerprint density at radius 1 is 1.00 bits per heavy atom. The molecule has 1 unspecified atom stereocenters. The van der Waals surface area contributed by atoms with Gasteiger partial charge in [0, 0.05) is 24.0 Å². The van der Waals surface area contributed by atoms with E-state index < -0.39 is 5.92 Å². The Morgan fingerprint density at radius 3 is 2.58 bits per heavy atom. The third-order valence-electron chi connectivity index (χ3n) is 5.67. The molecule has 0 aliphatic carbocycles. The van der Waals surface area contributed by atoms with Crippen molar-refractivity contribution in [1.29, 1.82) is 0 Å². The third kappa shape index (κ3) is 4.77. The van der Waals surface area contributed by atoms with Gasteiger partial charge in [-0.05, 0) is 61.2 Å². The minimum Gasteiger partial charge on any atom is -0.489 e. The number of rotatable bonds is 6. The zero-order valence-electron chi connectivity index (χ0n) is 17.8. The number of benzene rings is 3. The van der Waals surface area contributed by atoms with E-state index >= 15 is 0 Å². The lowest BCUT2D eigenvalue weighted by Gasteiger charge is -2.18. The van der Waals surface area contributed by atoms with Gasteiger partial charge in [0.1, 0.15) is 18.3 Å². The summed E-state index contributed by atoms with van der Waals surface area (Å²) >= 11 is 0. The van der Waals surface area contributed by atoms with Gasteiger partial charge in [-0.15, -0.1) is 0 Å². The van der Waals surface area contributed by atoms with Gasteiger partial charge in [-0.25, -0.2) is 0 Å². The summed E-state index contributed by atoms with van der Waals surface area (Å²) in [7, 11) is 0. The van der Waals surface area contributed by atoms with E-state index in [-0.39, 0.29) is 11.8 Å². The van der Waals surface area contributed by atoms with Crippen molar-refractivity contribution in [1.82, 2.24) is 0 Å². The summed E-state index contributed by atoms with van der Waals surface area (Å²) in [5.41, 5.74) is 4.81. The van der Waals surface area contributed by atoms with Crippen LogP contribution in [0.5, 0.6) is 5.75 Å². The number of hydrogen-bond donors (Lipinski definition) is 1. The quantitative estimate of drug-likeness (QED) is 0.585. The van der Waals surface area contributed by atoms with Crippen LogP contribution in [0.2, 0.25) is 0 Å². The Hall–Kier alpha value is -3.60.